The number of aliphatic hydroxyl groups is 1. The fourth-order valence-electron chi connectivity index (χ4n) is 1.56. The standard InChI is InChI=1S/C14H13N3O3/c1-9-2-4-10(5-3-9)12(18)14(20)17-13(19)11-8-15-6-7-16-11/h2-8,14,20H,1H3,(H,17,19). The summed E-state index contributed by atoms with van der Waals surface area (Å²) in [5, 5.41) is 11.9. The minimum Gasteiger partial charge on any atom is -0.367 e. The summed E-state index contributed by atoms with van der Waals surface area (Å²) in [6.45, 7) is 1.89. The molecule has 1 amide bonds. The number of hydrogen-bond acceptors (Lipinski definition) is 5. The molecule has 0 spiro atoms. The number of rotatable bonds is 4. The van der Waals surface area contributed by atoms with Gasteiger partial charge in [-0.25, -0.2) is 4.98 Å². The van der Waals surface area contributed by atoms with Crippen LogP contribution < -0.4 is 5.32 Å². The van der Waals surface area contributed by atoms with E-state index in [9.17, 15) is 14.7 Å². The van der Waals surface area contributed by atoms with E-state index >= 15 is 0 Å². The normalized spacial score (nSPS) is 11.7. The first kappa shape index (κ1) is 13.8. The van der Waals surface area contributed by atoms with Crippen molar-refractivity contribution < 1.29 is 14.7 Å². The number of carbonyl (C=O) groups is 2. The van der Waals surface area contributed by atoms with Crippen molar-refractivity contribution in [3.8, 4) is 0 Å². The molecule has 1 unspecified atom stereocenters. The highest BCUT2D eigenvalue weighted by atomic mass is 16.3. The average molecular weight is 271 g/mol. The monoisotopic (exact) mass is 271 g/mol. The third-order valence-electron chi connectivity index (χ3n) is 2.65. The Balaban J connectivity index is 2.05. The molecule has 0 saturated carbocycles. The van der Waals surface area contributed by atoms with E-state index < -0.39 is 17.9 Å². The van der Waals surface area contributed by atoms with Gasteiger partial charge in [-0.2, -0.15) is 0 Å². The van der Waals surface area contributed by atoms with E-state index in [2.05, 4.69) is 15.3 Å². The van der Waals surface area contributed by atoms with Crippen LogP contribution in [0.5, 0.6) is 0 Å². The molecular weight excluding hydrogens is 258 g/mol. The summed E-state index contributed by atoms with van der Waals surface area (Å²) >= 11 is 0. The lowest BCUT2D eigenvalue weighted by molar-refractivity contribution is 0.0605. The number of nitrogens with one attached hydrogen (secondary N) is 1. The van der Waals surface area contributed by atoms with Crippen LogP contribution in [0.2, 0.25) is 0 Å². The van der Waals surface area contributed by atoms with E-state index in [1.54, 1.807) is 24.3 Å². The first-order valence-electron chi connectivity index (χ1n) is 5.94. The van der Waals surface area contributed by atoms with Gasteiger partial charge in [-0.3, -0.25) is 14.6 Å². The Morgan fingerprint density at radius 3 is 2.50 bits per heavy atom. The largest absolute Gasteiger partial charge is 0.367 e. The Hall–Kier alpha value is -2.60. The number of nitrogens with zero attached hydrogens (tertiary/aromatic N) is 2. The van der Waals surface area contributed by atoms with Gasteiger partial charge in [-0.1, -0.05) is 29.8 Å². The van der Waals surface area contributed by atoms with Crippen molar-refractivity contribution in [2.45, 2.75) is 13.2 Å². The van der Waals surface area contributed by atoms with Crippen molar-refractivity contribution in [3.05, 3.63) is 59.7 Å². The SMILES string of the molecule is Cc1ccc(C(=O)C(O)NC(=O)c2cnccn2)cc1. The maximum atomic E-state index is 11.9. The van der Waals surface area contributed by atoms with E-state index in [0.29, 0.717) is 5.56 Å². The molecule has 0 aliphatic heterocycles. The molecule has 2 aromatic rings. The number of aryl methyl sites for hydroxylation is 1. The van der Waals surface area contributed by atoms with Crippen molar-refractivity contribution in [2.75, 3.05) is 0 Å². The summed E-state index contributed by atoms with van der Waals surface area (Å²) in [6, 6.07) is 6.69. The van der Waals surface area contributed by atoms with Crippen molar-refractivity contribution in [2.24, 2.45) is 0 Å². The molecule has 0 aliphatic rings. The van der Waals surface area contributed by atoms with Gasteiger partial charge in [0.1, 0.15) is 5.69 Å². The molecule has 0 aliphatic carbocycles. The zero-order valence-corrected chi connectivity index (χ0v) is 10.8. The molecule has 102 valence electrons. The van der Waals surface area contributed by atoms with Crippen LogP contribution in [0.3, 0.4) is 0 Å². The smallest absolute Gasteiger partial charge is 0.273 e. The van der Waals surface area contributed by atoms with Crippen LogP contribution in [0.15, 0.2) is 42.9 Å². The van der Waals surface area contributed by atoms with E-state index in [0.717, 1.165) is 5.56 Å². The number of benzene rings is 1. The fourth-order valence-corrected chi connectivity index (χ4v) is 1.56. The van der Waals surface area contributed by atoms with Gasteiger partial charge in [-0.05, 0) is 6.92 Å². The quantitative estimate of drug-likeness (QED) is 0.631. The average Bonchev–Trinajstić information content (AvgIpc) is 2.48. The number of carbonyl (C=O) groups excluding carboxylic acids is 2. The molecule has 1 aromatic heterocycles. The Bertz CT molecular complexity index is 611. The predicted molar refractivity (Wildman–Crippen MR) is 71.0 cm³/mol. The van der Waals surface area contributed by atoms with Gasteiger partial charge in [0.25, 0.3) is 5.91 Å². The van der Waals surface area contributed by atoms with Crippen LogP contribution in [0, 0.1) is 6.92 Å². The molecule has 1 atom stereocenters. The topological polar surface area (TPSA) is 92.2 Å². The maximum Gasteiger partial charge on any atom is 0.273 e. The number of Topliss-reactive ketones (excluding diaryl/α,β-unsaturated/α-hetero) is 1. The second-order valence-corrected chi connectivity index (χ2v) is 4.20. The van der Waals surface area contributed by atoms with Crippen LogP contribution in [0.25, 0.3) is 0 Å². The highest BCUT2D eigenvalue weighted by Gasteiger charge is 2.20. The minimum absolute atomic E-state index is 0.0308. The van der Waals surface area contributed by atoms with Gasteiger partial charge in [0.2, 0.25) is 5.78 Å². The molecule has 2 N–H and O–H groups in total. The Morgan fingerprint density at radius 2 is 1.90 bits per heavy atom. The van der Waals surface area contributed by atoms with Crippen LogP contribution in [0.4, 0.5) is 0 Å². The Morgan fingerprint density at radius 1 is 1.20 bits per heavy atom. The van der Waals surface area contributed by atoms with Crippen molar-refractivity contribution >= 4 is 11.7 Å². The lowest BCUT2D eigenvalue weighted by Gasteiger charge is -2.11. The molecule has 1 aromatic carbocycles. The molecule has 0 saturated heterocycles. The van der Waals surface area contributed by atoms with Gasteiger partial charge < -0.3 is 10.4 Å². The van der Waals surface area contributed by atoms with Crippen LogP contribution >= 0.6 is 0 Å². The van der Waals surface area contributed by atoms with Gasteiger partial charge in [0, 0.05) is 18.0 Å². The second kappa shape index (κ2) is 6.03. The van der Waals surface area contributed by atoms with Gasteiger partial charge in [0.15, 0.2) is 6.23 Å². The Labute approximate surface area is 115 Å². The molecule has 0 bridgehead atoms. The van der Waals surface area contributed by atoms with Crippen LogP contribution in [-0.4, -0.2) is 33.0 Å². The van der Waals surface area contributed by atoms with E-state index in [1.807, 2.05) is 6.92 Å². The van der Waals surface area contributed by atoms with E-state index in [1.165, 1.54) is 18.6 Å². The summed E-state index contributed by atoms with van der Waals surface area (Å²) in [5.41, 5.74) is 1.35. The van der Waals surface area contributed by atoms with Crippen molar-refractivity contribution in [3.63, 3.8) is 0 Å². The first-order valence-corrected chi connectivity index (χ1v) is 5.94. The molecule has 0 fully saturated rings. The van der Waals surface area contributed by atoms with Crippen LogP contribution in [-0.2, 0) is 0 Å². The zero-order chi connectivity index (χ0) is 14.5. The molecule has 0 radical (unpaired) electrons. The minimum atomic E-state index is -1.62. The highest BCUT2D eigenvalue weighted by molar-refractivity contribution is 6.02. The lowest BCUT2D eigenvalue weighted by atomic mass is 10.1. The summed E-state index contributed by atoms with van der Waals surface area (Å²) in [6.07, 6.45) is 2.40. The molecule has 6 heteroatoms. The lowest BCUT2D eigenvalue weighted by Crippen LogP contribution is -2.41. The van der Waals surface area contributed by atoms with Gasteiger partial charge >= 0.3 is 0 Å². The zero-order valence-electron chi connectivity index (χ0n) is 10.8. The number of aromatic nitrogens is 2. The summed E-state index contributed by atoms with van der Waals surface area (Å²) in [7, 11) is 0. The van der Waals surface area contributed by atoms with Crippen molar-refractivity contribution in [1.82, 2.24) is 15.3 Å². The summed E-state index contributed by atoms with van der Waals surface area (Å²) < 4.78 is 0. The van der Waals surface area contributed by atoms with Crippen LogP contribution in [0.1, 0.15) is 26.4 Å². The summed E-state index contributed by atoms with van der Waals surface area (Å²) in [5.74, 6) is -1.24. The molecular formula is C14H13N3O3. The summed E-state index contributed by atoms with van der Waals surface area (Å²) in [4.78, 5) is 31.2. The van der Waals surface area contributed by atoms with E-state index in [4.69, 9.17) is 0 Å². The first-order chi connectivity index (χ1) is 9.58. The number of ketones is 1. The van der Waals surface area contributed by atoms with E-state index in [-0.39, 0.29) is 5.69 Å². The number of hydrogen-bond donors (Lipinski definition) is 2. The highest BCUT2D eigenvalue weighted by Crippen LogP contribution is 2.06. The third-order valence-corrected chi connectivity index (χ3v) is 2.65. The Kier molecular flexibility index (Phi) is 4.17. The predicted octanol–water partition coefficient (Wildman–Crippen LogP) is 0.716. The second-order valence-electron chi connectivity index (χ2n) is 4.20. The molecule has 6 nitrogen and oxygen atoms in total. The molecule has 1 heterocycles. The fraction of sp³-hybridized carbons (Fsp3) is 0.143. The molecule has 2 rings (SSSR count). The number of amides is 1. The van der Waals surface area contributed by atoms with Gasteiger partial charge in [0.05, 0.1) is 6.20 Å². The van der Waals surface area contributed by atoms with Gasteiger partial charge in [-0.15, -0.1) is 0 Å². The van der Waals surface area contributed by atoms with Crippen molar-refractivity contribution in [1.29, 1.82) is 0 Å². The number of aliphatic hydroxyl groups excluding tert-OH is 1. The maximum absolute atomic E-state index is 11.9. The molecule has 20 heavy (non-hydrogen) atoms. The third kappa shape index (κ3) is 3.24.